The van der Waals surface area contributed by atoms with Crippen LogP contribution in [0.2, 0.25) is 0 Å². The first-order valence-electron chi connectivity index (χ1n) is 7.53. The molecule has 0 atom stereocenters. The van der Waals surface area contributed by atoms with Crippen LogP contribution in [0.25, 0.3) is 12.2 Å². The maximum Gasteiger partial charge on any atom is 0.335 e. The Labute approximate surface area is 146 Å². The maximum atomic E-state index is 10.9. The summed E-state index contributed by atoms with van der Waals surface area (Å²) in [5, 5.41) is 8.91. The van der Waals surface area contributed by atoms with Crippen molar-refractivity contribution in [3.05, 3.63) is 59.2 Å². The highest BCUT2D eigenvalue weighted by molar-refractivity contribution is 5.88. The average molecular weight is 344 g/mol. The van der Waals surface area contributed by atoms with Gasteiger partial charge in [-0.25, -0.2) is 4.79 Å². The van der Waals surface area contributed by atoms with Crippen LogP contribution in [0.5, 0.6) is 11.5 Å². The van der Waals surface area contributed by atoms with E-state index in [9.17, 15) is 4.79 Å². The molecular weight excluding hydrogens is 324 g/mol. The molecule has 6 nitrogen and oxygen atoms in total. The van der Waals surface area contributed by atoms with Crippen LogP contribution in [0.15, 0.2) is 42.5 Å². The molecule has 0 fully saturated rings. The minimum Gasteiger partial charge on any atom is -0.478 e. The van der Waals surface area contributed by atoms with E-state index in [4.69, 9.17) is 24.1 Å². The maximum absolute atomic E-state index is 10.9. The molecule has 0 radical (unpaired) electrons. The van der Waals surface area contributed by atoms with Crippen LogP contribution in [-0.4, -0.2) is 38.9 Å². The lowest BCUT2D eigenvalue weighted by Crippen LogP contribution is -2.04. The van der Waals surface area contributed by atoms with Crippen LogP contribution in [-0.2, 0) is 9.47 Å². The van der Waals surface area contributed by atoms with Gasteiger partial charge in [-0.05, 0) is 35.4 Å². The zero-order valence-electron chi connectivity index (χ0n) is 14.1. The van der Waals surface area contributed by atoms with Gasteiger partial charge in [0.2, 0.25) is 0 Å². The molecule has 0 spiro atoms. The lowest BCUT2D eigenvalue weighted by molar-refractivity contribution is 0.0322. The van der Waals surface area contributed by atoms with Crippen LogP contribution >= 0.6 is 0 Å². The Kier molecular flexibility index (Phi) is 7.00. The summed E-state index contributed by atoms with van der Waals surface area (Å²) in [6, 6.07) is 12.1. The Bertz CT molecular complexity index is 721. The number of ether oxygens (including phenoxy) is 4. The SMILES string of the molecule is COCOc1ccc(/C=C/c2ccc(C(=O)O)cc2)cc1OCOC. The van der Waals surface area contributed by atoms with Gasteiger partial charge in [0, 0.05) is 14.2 Å². The minimum atomic E-state index is -0.942. The molecule has 2 aromatic rings. The number of carboxylic acid groups (broad SMARTS) is 1. The first kappa shape index (κ1) is 18.5. The Balaban J connectivity index is 2.15. The summed E-state index contributed by atoms with van der Waals surface area (Å²) in [6.45, 7) is 0.224. The zero-order valence-corrected chi connectivity index (χ0v) is 14.1. The topological polar surface area (TPSA) is 74.2 Å². The van der Waals surface area contributed by atoms with E-state index in [0.29, 0.717) is 11.5 Å². The Morgan fingerprint density at radius 2 is 1.44 bits per heavy atom. The van der Waals surface area contributed by atoms with E-state index in [0.717, 1.165) is 11.1 Å². The monoisotopic (exact) mass is 344 g/mol. The van der Waals surface area contributed by atoms with Crippen LogP contribution in [0.4, 0.5) is 0 Å². The van der Waals surface area contributed by atoms with Gasteiger partial charge in [0.1, 0.15) is 0 Å². The zero-order chi connectivity index (χ0) is 18.1. The third-order valence-corrected chi connectivity index (χ3v) is 3.26. The molecule has 6 heteroatoms. The molecular formula is C19H20O6. The lowest BCUT2D eigenvalue weighted by Gasteiger charge is -2.12. The summed E-state index contributed by atoms with van der Waals surface area (Å²) in [6.07, 6.45) is 3.78. The third-order valence-electron chi connectivity index (χ3n) is 3.26. The number of aromatic carboxylic acids is 1. The first-order chi connectivity index (χ1) is 12.1. The molecule has 0 aromatic heterocycles. The summed E-state index contributed by atoms with van der Waals surface area (Å²) in [7, 11) is 3.09. The van der Waals surface area contributed by atoms with Crippen molar-refractivity contribution in [1.29, 1.82) is 0 Å². The number of hydrogen-bond donors (Lipinski definition) is 1. The summed E-state index contributed by atoms with van der Waals surface area (Å²) in [5.74, 6) is 0.159. The van der Waals surface area contributed by atoms with E-state index < -0.39 is 5.97 Å². The van der Waals surface area contributed by atoms with Crippen LogP contribution in [0.1, 0.15) is 21.5 Å². The second kappa shape index (κ2) is 9.46. The second-order valence-corrected chi connectivity index (χ2v) is 5.07. The molecule has 1 N–H and O–H groups in total. The fourth-order valence-corrected chi connectivity index (χ4v) is 2.03. The van der Waals surface area contributed by atoms with E-state index in [-0.39, 0.29) is 19.1 Å². The second-order valence-electron chi connectivity index (χ2n) is 5.07. The average Bonchev–Trinajstić information content (AvgIpc) is 2.64. The number of carboxylic acids is 1. The van der Waals surface area contributed by atoms with E-state index in [1.807, 2.05) is 24.3 Å². The van der Waals surface area contributed by atoms with E-state index >= 15 is 0 Å². The number of carbonyl (C=O) groups is 1. The third kappa shape index (κ3) is 5.63. The predicted molar refractivity (Wildman–Crippen MR) is 93.8 cm³/mol. The Hall–Kier alpha value is -2.83. The Morgan fingerprint density at radius 3 is 2.04 bits per heavy atom. The summed E-state index contributed by atoms with van der Waals surface area (Å²) in [4.78, 5) is 10.9. The van der Waals surface area contributed by atoms with Crippen molar-refractivity contribution >= 4 is 18.1 Å². The number of hydrogen-bond acceptors (Lipinski definition) is 5. The van der Waals surface area contributed by atoms with Crippen molar-refractivity contribution in [2.24, 2.45) is 0 Å². The fourth-order valence-electron chi connectivity index (χ4n) is 2.03. The van der Waals surface area contributed by atoms with Crippen molar-refractivity contribution < 1.29 is 28.8 Å². The van der Waals surface area contributed by atoms with Gasteiger partial charge >= 0.3 is 5.97 Å². The van der Waals surface area contributed by atoms with Gasteiger partial charge in [0.15, 0.2) is 25.1 Å². The fraction of sp³-hybridized carbons (Fsp3) is 0.211. The van der Waals surface area contributed by atoms with Crippen LogP contribution in [0.3, 0.4) is 0 Å². The number of methoxy groups -OCH3 is 2. The van der Waals surface area contributed by atoms with Gasteiger partial charge in [0.05, 0.1) is 5.56 Å². The molecule has 0 aliphatic rings. The van der Waals surface area contributed by atoms with Crippen molar-refractivity contribution in [1.82, 2.24) is 0 Å². The molecule has 0 amide bonds. The van der Waals surface area contributed by atoms with E-state index in [1.165, 1.54) is 0 Å². The molecule has 0 aliphatic carbocycles. The molecule has 25 heavy (non-hydrogen) atoms. The standard InChI is InChI=1S/C19H20O6/c1-22-12-24-17-10-7-15(11-18(17)25-13-23-2)4-3-14-5-8-16(9-6-14)19(20)21/h3-11H,12-13H2,1-2H3,(H,20,21)/b4-3+. The molecule has 0 unspecified atom stereocenters. The highest BCUT2D eigenvalue weighted by Gasteiger charge is 2.06. The first-order valence-corrected chi connectivity index (χ1v) is 7.53. The molecule has 0 aliphatic heterocycles. The van der Waals surface area contributed by atoms with Gasteiger partial charge in [0.25, 0.3) is 0 Å². The lowest BCUT2D eigenvalue weighted by atomic mass is 10.1. The molecule has 0 saturated carbocycles. The summed E-state index contributed by atoms with van der Waals surface area (Å²) < 4.78 is 20.8. The largest absolute Gasteiger partial charge is 0.478 e. The highest BCUT2D eigenvalue weighted by Crippen LogP contribution is 2.29. The normalized spacial score (nSPS) is 10.8. The van der Waals surface area contributed by atoms with Crippen molar-refractivity contribution in [2.75, 3.05) is 27.8 Å². The van der Waals surface area contributed by atoms with Crippen molar-refractivity contribution in [3.8, 4) is 11.5 Å². The van der Waals surface area contributed by atoms with Crippen LogP contribution < -0.4 is 9.47 Å². The number of benzene rings is 2. The highest BCUT2D eigenvalue weighted by atomic mass is 16.7. The van der Waals surface area contributed by atoms with E-state index in [1.54, 1.807) is 44.6 Å². The molecule has 2 aromatic carbocycles. The van der Waals surface area contributed by atoms with Crippen molar-refractivity contribution in [3.63, 3.8) is 0 Å². The van der Waals surface area contributed by atoms with Gasteiger partial charge in [-0.3, -0.25) is 0 Å². The quantitative estimate of drug-likeness (QED) is 0.554. The Morgan fingerprint density at radius 1 is 0.880 bits per heavy atom. The minimum absolute atomic E-state index is 0.104. The molecule has 132 valence electrons. The molecule has 2 rings (SSSR count). The van der Waals surface area contributed by atoms with Crippen molar-refractivity contribution in [2.45, 2.75) is 0 Å². The van der Waals surface area contributed by atoms with Crippen LogP contribution in [0, 0.1) is 0 Å². The molecule has 0 heterocycles. The van der Waals surface area contributed by atoms with Gasteiger partial charge in [-0.15, -0.1) is 0 Å². The smallest absolute Gasteiger partial charge is 0.335 e. The predicted octanol–water partition coefficient (Wildman–Crippen LogP) is 3.52. The van der Waals surface area contributed by atoms with Gasteiger partial charge < -0.3 is 24.1 Å². The number of rotatable bonds is 9. The summed E-state index contributed by atoms with van der Waals surface area (Å²) in [5.41, 5.74) is 2.05. The van der Waals surface area contributed by atoms with Gasteiger partial charge in [-0.1, -0.05) is 30.4 Å². The van der Waals surface area contributed by atoms with E-state index in [2.05, 4.69) is 0 Å². The van der Waals surface area contributed by atoms with Gasteiger partial charge in [-0.2, -0.15) is 0 Å². The summed E-state index contributed by atoms with van der Waals surface area (Å²) >= 11 is 0. The molecule has 0 saturated heterocycles. The molecule has 0 bridgehead atoms.